The van der Waals surface area contributed by atoms with E-state index >= 15 is 0 Å². The Labute approximate surface area is 147 Å². The van der Waals surface area contributed by atoms with Crippen LogP contribution >= 0.6 is 0 Å². The lowest BCUT2D eigenvalue weighted by Crippen LogP contribution is -2.33. The molecule has 0 unspecified atom stereocenters. The number of likely N-dealkylation sites (N-methyl/N-ethyl adjacent to an activating group) is 1. The Kier molecular flexibility index (Phi) is 5.48. The van der Waals surface area contributed by atoms with Gasteiger partial charge in [0.2, 0.25) is 0 Å². The molecule has 2 aromatic rings. The Bertz CT molecular complexity index is 732. The monoisotopic (exact) mass is 343 g/mol. The Morgan fingerprint density at radius 2 is 2.00 bits per heavy atom. The Morgan fingerprint density at radius 3 is 2.76 bits per heavy atom. The molecule has 0 atom stereocenters. The molecular weight excluding hydrogens is 321 g/mol. The molecule has 2 heterocycles. The lowest BCUT2D eigenvalue weighted by Gasteiger charge is -2.23. The van der Waals surface area contributed by atoms with Crippen LogP contribution in [0, 0.1) is 5.82 Å². The molecule has 3 rings (SSSR count). The first-order valence-corrected chi connectivity index (χ1v) is 8.49. The summed E-state index contributed by atoms with van der Waals surface area (Å²) in [5.41, 5.74) is 0.595. The van der Waals surface area contributed by atoms with Crippen molar-refractivity contribution >= 4 is 11.7 Å². The second kappa shape index (κ2) is 7.96. The van der Waals surface area contributed by atoms with Gasteiger partial charge in [0, 0.05) is 26.3 Å². The standard InChI is InChI=1S/C19H22FN3O2/c1-22(13-14-25-17-9-3-2-8-16(17)20)19(24)15-7-6-10-21-18(15)23-11-4-5-12-23/h2-3,6-10H,4-5,11-14H2,1H3. The number of nitrogens with zero attached hydrogens (tertiary/aromatic N) is 3. The third-order valence-electron chi connectivity index (χ3n) is 4.29. The summed E-state index contributed by atoms with van der Waals surface area (Å²) in [7, 11) is 1.72. The molecular formula is C19H22FN3O2. The Balaban J connectivity index is 1.62. The number of hydrogen-bond donors (Lipinski definition) is 0. The Morgan fingerprint density at radius 1 is 1.24 bits per heavy atom. The molecule has 1 aromatic carbocycles. The molecule has 0 saturated carbocycles. The van der Waals surface area contributed by atoms with Crippen LogP contribution in [0.3, 0.4) is 0 Å². The van der Waals surface area contributed by atoms with Crippen LogP contribution in [0.2, 0.25) is 0 Å². The number of aromatic nitrogens is 1. The molecule has 25 heavy (non-hydrogen) atoms. The molecule has 5 nitrogen and oxygen atoms in total. The highest BCUT2D eigenvalue weighted by atomic mass is 19.1. The highest BCUT2D eigenvalue weighted by Gasteiger charge is 2.22. The van der Waals surface area contributed by atoms with E-state index in [0.29, 0.717) is 12.1 Å². The van der Waals surface area contributed by atoms with Crippen LogP contribution in [0.15, 0.2) is 42.6 Å². The van der Waals surface area contributed by atoms with Gasteiger partial charge in [0.05, 0.1) is 12.1 Å². The molecule has 1 aromatic heterocycles. The van der Waals surface area contributed by atoms with Crippen LogP contribution < -0.4 is 9.64 Å². The zero-order chi connectivity index (χ0) is 17.6. The average molecular weight is 343 g/mol. The van der Waals surface area contributed by atoms with Crippen molar-refractivity contribution in [3.05, 3.63) is 54.0 Å². The summed E-state index contributed by atoms with van der Waals surface area (Å²) in [5.74, 6) is 0.432. The number of carbonyl (C=O) groups is 1. The average Bonchev–Trinajstić information content (AvgIpc) is 3.17. The van der Waals surface area contributed by atoms with Crippen molar-refractivity contribution in [1.29, 1.82) is 0 Å². The second-order valence-corrected chi connectivity index (χ2v) is 6.07. The molecule has 132 valence electrons. The predicted molar refractivity (Wildman–Crippen MR) is 94.5 cm³/mol. The van der Waals surface area contributed by atoms with Crippen molar-refractivity contribution in [2.45, 2.75) is 12.8 Å². The number of hydrogen-bond acceptors (Lipinski definition) is 4. The SMILES string of the molecule is CN(CCOc1ccccc1F)C(=O)c1cccnc1N1CCCC1. The number of ether oxygens (including phenoxy) is 1. The summed E-state index contributed by atoms with van der Waals surface area (Å²) < 4.78 is 19.0. The third-order valence-corrected chi connectivity index (χ3v) is 4.29. The smallest absolute Gasteiger partial charge is 0.257 e. The minimum absolute atomic E-state index is 0.105. The fourth-order valence-electron chi connectivity index (χ4n) is 2.91. The maximum Gasteiger partial charge on any atom is 0.257 e. The van der Waals surface area contributed by atoms with E-state index in [1.807, 2.05) is 0 Å². The van der Waals surface area contributed by atoms with Crippen LogP contribution in [0.25, 0.3) is 0 Å². The maximum atomic E-state index is 13.5. The lowest BCUT2D eigenvalue weighted by atomic mass is 10.2. The zero-order valence-corrected chi connectivity index (χ0v) is 14.3. The fourth-order valence-corrected chi connectivity index (χ4v) is 2.91. The lowest BCUT2D eigenvalue weighted by molar-refractivity contribution is 0.0773. The van der Waals surface area contributed by atoms with Crippen molar-refractivity contribution in [1.82, 2.24) is 9.88 Å². The quantitative estimate of drug-likeness (QED) is 0.809. The van der Waals surface area contributed by atoms with Gasteiger partial charge in [-0.2, -0.15) is 0 Å². The van der Waals surface area contributed by atoms with Crippen molar-refractivity contribution in [3.8, 4) is 5.75 Å². The Hall–Kier alpha value is -2.63. The number of benzene rings is 1. The molecule has 1 fully saturated rings. The molecule has 0 bridgehead atoms. The van der Waals surface area contributed by atoms with Gasteiger partial charge in [0.25, 0.3) is 5.91 Å². The summed E-state index contributed by atoms with van der Waals surface area (Å²) in [6.45, 7) is 2.44. The van der Waals surface area contributed by atoms with E-state index in [9.17, 15) is 9.18 Å². The van der Waals surface area contributed by atoms with Crippen molar-refractivity contribution in [2.24, 2.45) is 0 Å². The number of amides is 1. The highest BCUT2D eigenvalue weighted by Crippen LogP contribution is 2.23. The topological polar surface area (TPSA) is 45.7 Å². The fraction of sp³-hybridized carbons (Fsp3) is 0.368. The predicted octanol–water partition coefficient (Wildman–Crippen LogP) is 2.97. The van der Waals surface area contributed by atoms with Gasteiger partial charge in [0.1, 0.15) is 12.4 Å². The van der Waals surface area contributed by atoms with Crippen molar-refractivity contribution < 1.29 is 13.9 Å². The number of para-hydroxylation sites is 1. The van der Waals surface area contributed by atoms with E-state index in [-0.39, 0.29) is 18.3 Å². The first-order chi connectivity index (χ1) is 12.2. The van der Waals surface area contributed by atoms with E-state index in [4.69, 9.17) is 4.74 Å². The minimum atomic E-state index is -0.403. The molecule has 6 heteroatoms. The summed E-state index contributed by atoms with van der Waals surface area (Å²) in [4.78, 5) is 20.9. The van der Waals surface area contributed by atoms with Crippen LogP contribution in [0.4, 0.5) is 10.2 Å². The first-order valence-electron chi connectivity index (χ1n) is 8.49. The summed E-state index contributed by atoms with van der Waals surface area (Å²) in [5, 5.41) is 0. The maximum absolute atomic E-state index is 13.5. The molecule has 0 aliphatic carbocycles. The first kappa shape index (κ1) is 17.2. The summed E-state index contributed by atoms with van der Waals surface area (Å²) in [6, 6.07) is 9.82. The van der Waals surface area contributed by atoms with Gasteiger partial charge in [-0.15, -0.1) is 0 Å². The van der Waals surface area contributed by atoms with Gasteiger partial charge in [0.15, 0.2) is 11.6 Å². The molecule has 1 aliphatic heterocycles. The van der Waals surface area contributed by atoms with Gasteiger partial charge >= 0.3 is 0 Å². The molecule has 1 amide bonds. The van der Waals surface area contributed by atoms with Gasteiger partial charge in [-0.05, 0) is 37.1 Å². The van der Waals surface area contributed by atoms with Crippen LogP contribution in [-0.4, -0.2) is 49.1 Å². The van der Waals surface area contributed by atoms with Crippen LogP contribution in [0.5, 0.6) is 5.75 Å². The normalized spacial score (nSPS) is 13.8. The minimum Gasteiger partial charge on any atom is -0.489 e. The second-order valence-electron chi connectivity index (χ2n) is 6.07. The third kappa shape index (κ3) is 4.07. The molecule has 0 spiro atoms. The molecule has 1 saturated heterocycles. The summed E-state index contributed by atoms with van der Waals surface area (Å²) in [6.07, 6.45) is 3.96. The van der Waals surface area contributed by atoms with Gasteiger partial charge in [-0.1, -0.05) is 12.1 Å². The van der Waals surface area contributed by atoms with Crippen molar-refractivity contribution in [2.75, 3.05) is 38.2 Å². The number of carbonyl (C=O) groups excluding carboxylic acids is 1. The van der Waals surface area contributed by atoms with E-state index < -0.39 is 5.82 Å². The zero-order valence-electron chi connectivity index (χ0n) is 14.3. The van der Waals surface area contributed by atoms with Gasteiger partial charge in [-0.25, -0.2) is 9.37 Å². The molecule has 0 radical (unpaired) electrons. The number of anilines is 1. The number of pyridine rings is 1. The number of halogens is 1. The van der Waals surface area contributed by atoms with Crippen LogP contribution in [0.1, 0.15) is 23.2 Å². The summed E-state index contributed by atoms with van der Waals surface area (Å²) >= 11 is 0. The molecule has 0 N–H and O–H groups in total. The van der Waals surface area contributed by atoms with Crippen LogP contribution in [-0.2, 0) is 0 Å². The van der Waals surface area contributed by atoms with Crippen molar-refractivity contribution in [3.63, 3.8) is 0 Å². The van der Waals surface area contributed by atoms with Gasteiger partial charge in [-0.3, -0.25) is 4.79 Å². The van der Waals surface area contributed by atoms with E-state index in [0.717, 1.165) is 31.7 Å². The van der Waals surface area contributed by atoms with E-state index in [2.05, 4.69) is 9.88 Å². The largest absolute Gasteiger partial charge is 0.489 e. The highest BCUT2D eigenvalue weighted by molar-refractivity contribution is 5.98. The van der Waals surface area contributed by atoms with E-state index in [1.54, 1.807) is 48.5 Å². The van der Waals surface area contributed by atoms with Gasteiger partial charge < -0.3 is 14.5 Å². The molecule has 1 aliphatic rings. The number of rotatable bonds is 6. The van der Waals surface area contributed by atoms with E-state index in [1.165, 1.54) is 6.07 Å².